The van der Waals surface area contributed by atoms with E-state index in [4.69, 9.17) is 11.5 Å². The normalized spacial score (nSPS) is 13.5. The maximum Gasteiger partial charge on any atom is 0.422 e. The monoisotopic (exact) mass is 623 g/mol. The molecular formula is C26H28F3N7O6S. The molecule has 230 valence electrons. The molecule has 0 fully saturated rings. The van der Waals surface area contributed by atoms with Gasteiger partial charge in [0.15, 0.2) is 6.61 Å². The molecule has 1 unspecified atom stereocenters. The van der Waals surface area contributed by atoms with Gasteiger partial charge in [-0.05, 0) is 23.8 Å². The lowest BCUT2D eigenvalue weighted by Crippen LogP contribution is -2.47. The second-order valence-corrected chi connectivity index (χ2v) is 10.1. The van der Waals surface area contributed by atoms with Gasteiger partial charge in [-0.2, -0.15) is 13.2 Å². The summed E-state index contributed by atoms with van der Waals surface area (Å²) in [6.45, 7) is -2.13. The molecule has 5 amide bonds. The minimum atomic E-state index is -4.75. The van der Waals surface area contributed by atoms with E-state index in [1.54, 1.807) is 30.4 Å². The Balaban J connectivity index is 1.54. The molecule has 7 N–H and O–H groups in total. The van der Waals surface area contributed by atoms with Gasteiger partial charge >= 0.3 is 18.2 Å². The zero-order valence-electron chi connectivity index (χ0n) is 22.5. The number of hydrogen-bond acceptors (Lipinski definition) is 9. The van der Waals surface area contributed by atoms with Crippen molar-refractivity contribution in [3.8, 4) is 0 Å². The van der Waals surface area contributed by atoms with Crippen LogP contribution in [0.2, 0.25) is 0 Å². The predicted octanol–water partition coefficient (Wildman–Crippen LogP) is 1.73. The average Bonchev–Trinajstić information content (AvgIpc) is 3.38. The number of nitrogens with zero attached hydrogens (tertiary/aromatic N) is 2. The Hall–Kier alpha value is -4.93. The second kappa shape index (κ2) is 14.8. The number of hydrogen-bond donors (Lipinski definition) is 5. The van der Waals surface area contributed by atoms with Crippen molar-refractivity contribution in [2.24, 2.45) is 17.4 Å². The third-order valence-corrected chi connectivity index (χ3v) is 6.53. The van der Waals surface area contributed by atoms with Gasteiger partial charge in [0, 0.05) is 36.0 Å². The zero-order valence-corrected chi connectivity index (χ0v) is 23.3. The molecule has 0 radical (unpaired) electrons. The summed E-state index contributed by atoms with van der Waals surface area (Å²) in [5.74, 6) is -4.75. The third-order valence-electron chi connectivity index (χ3n) is 5.68. The van der Waals surface area contributed by atoms with E-state index in [0.717, 1.165) is 5.56 Å². The Bertz CT molecular complexity index is 1430. The predicted molar refractivity (Wildman–Crippen MR) is 148 cm³/mol. The van der Waals surface area contributed by atoms with Crippen molar-refractivity contribution in [2.45, 2.75) is 25.4 Å². The standard InChI is InChI=1S/C26H28F3N7O6S/c27-26(28,29)14-42-24(40)16(11-20(30)37)10-18-6-1-2-7-36(18)35-21(38)12-32-23(39)19-13-43-22(34-19)9-15-4-3-5-17(8-15)33-25(31)41/h1-6,8,13,16H,7,9-12,14H2,(H2,30,37)(H,32,39)(H,35,38)(H3,31,33,41). The number of urea groups is 1. The summed E-state index contributed by atoms with van der Waals surface area (Å²) >= 11 is 1.23. The van der Waals surface area contributed by atoms with Crippen molar-refractivity contribution in [1.29, 1.82) is 0 Å². The number of anilines is 1. The molecule has 17 heteroatoms. The molecule has 3 rings (SSSR count). The number of nitrogens with one attached hydrogen (secondary N) is 3. The van der Waals surface area contributed by atoms with Crippen LogP contribution < -0.4 is 27.5 Å². The van der Waals surface area contributed by atoms with Crippen LogP contribution in [0, 0.1) is 5.92 Å². The number of esters is 1. The van der Waals surface area contributed by atoms with E-state index in [0.29, 0.717) is 22.8 Å². The Labute approximate surface area is 247 Å². The Morgan fingerprint density at radius 2 is 1.93 bits per heavy atom. The minimum absolute atomic E-state index is 0.0902. The van der Waals surface area contributed by atoms with E-state index in [1.807, 2.05) is 6.07 Å². The molecule has 0 saturated heterocycles. The summed E-state index contributed by atoms with van der Waals surface area (Å²) < 4.78 is 41.8. The number of amides is 5. The fraction of sp³-hybridized carbons (Fsp3) is 0.308. The molecule has 0 saturated carbocycles. The number of nitrogens with two attached hydrogens (primary N) is 2. The molecule has 2 aromatic rings. The van der Waals surface area contributed by atoms with Gasteiger partial charge in [-0.15, -0.1) is 11.3 Å². The molecule has 0 bridgehead atoms. The van der Waals surface area contributed by atoms with Crippen molar-refractivity contribution in [1.82, 2.24) is 20.7 Å². The van der Waals surface area contributed by atoms with Gasteiger partial charge in [0.25, 0.3) is 11.8 Å². The molecule has 1 aromatic heterocycles. The van der Waals surface area contributed by atoms with Crippen LogP contribution in [0.15, 0.2) is 53.6 Å². The highest BCUT2D eigenvalue weighted by molar-refractivity contribution is 7.09. The van der Waals surface area contributed by atoms with Crippen LogP contribution in [0.3, 0.4) is 0 Å². The lowest BCUT2D eigenvalue weighted by Gasteiger charge is -2.30. The molecule has 13 nitrogen and oxygen atoms in total. The number of thiazole rings is 1. The Morgan fingerprint density at radius 3 is 2.63 bits per heavy atom. The number of rotatable bonds is 13. The molecule has 0 aliphatic carbocycles. The van der Waals surface area contributed by atoms with Gasteiger partial charge < -0.3 is 26.8 Å². The van der Waals surface area contributed by atoms with Gasteiger partial charge in [-0.3, -0.25) is 29.6 Å². The number of primary amides is 2. The van der Waals surface area contributed by atoms with Gasteiger partial charge in [0.05, 0.1) is 24.0 Å². The quantitative estimate of drug-likeness (QED) is 0.208. The molecule has 1 aliphatic heterocycles. The number of hydrazine groups is 1. The Kier molecular flexibility index (Phi) is 11.2. The molecule has 1 atom stereocenters. The maximum atomic E-state index is 12.6. The van der Waals surface area contributed by atoms with Crippen molar-refractivity contribution >= 4 is 46.7 Å². The van der Waals surface area contributed by atoms with Gasteiger partial charge in [0.2, 0.25) is 5.91 Å². The summed E-state index contributed by atoms with van der Waals surface area (Å²) in [7, 11) is 0. The minimum Gasteiger partial charge on any atom is -0.456 e. The summed E-state index contributed by atoms with van der Waals surface area (Å²) in [6, 6.07) is 6.24. The first-order valence-electron chi connectivity index (χ1n) is 12.6. The number of alkyl halides is 3. The van der Waals surface area contributed by atoms with Crippen molar-refractivity contribution < 1.29 is 41.9 Å². The average molecular weight is 624 g/mol. The van der Waals surface area contributed by atoms with Crippen LogP contribution in [-0.4, -0.2) is 65.6 Å². The van der Waals surface area contributed by atoms with E-state index in [2.05, 4.69) is 25.8 Å². The van der Waals surface area contributed by atoms with E-state index in [9.17, 15) is 37.1 Å². The van der Waals surface area contributed by atoms with Crippen LogP contribution in [0.1, 0.15) is 33.9 Å². The van der Waals surface area contributed by atoms with E-state index in [1.165, 1.54) is 27.8 Å². The first kappa shape index (κ1) is 32.6. The Morgan fingerprint density at radius 1 is 1.16 bits per heavy atom. The fourth-order valence-corrected chi connectivity index (χ4v) is 4.68. The van der Waals surface area contributed by atoms with Crippen LogP contribution in [0.4, 0.5) is 23.7 Å². The number of carbonyl (C=O) groups excluding carboxylic acids is 5. The maximum absolute atomic E-state index is 12.6. The van der Waals surface area contributed by atoms with Crippen molar-refractivity contribution in [3.05, 3.63) is 69.8 Å². The fourth-order valence-electron chi connectivity index (χ4n) is 3.87. The highest BCUT2D eigenvalue weighted by Gasteiger charge is 2.33. The summed E-state index contributed by atoms with van der Waals surface area (Å²) in [5, 5.41) is 8.39. The summed E-state index contributed by atoms with van der Waals surface area (Å²) in [4.78, 5) is 64.2. The number of ether oxygens (including phenoxy) is 1. The van der Waals surface area contributed by atoms with Crippen LogP contribution >= 0.6 is 11.3 Å². The lowest BCUT2D eigenvalue weighted by atomic mass is 9.98. The summed E-state index contributed by atoms with van der Waals surface area (Å²) in [5.41, 5.74) is 14.6. The number of benzene rings is 1. The third kappa shape index (κ3) is 11.1. The van der Waals surface area contributed by atoms with E-state index >= 15 is 0 Å². The van der Waals surface area contributed by atoms with E-state index < -0.39 is 61.4 Å². The smallest absolute Gasteiger partial charge is 0.422 e. The second-order valence-electron chi connectivity index (χ2n) is 9.20. The topological polar surface area (TPSA) is 199 Å². The SMILES string of the molecule is NC(=O)CC(CC1=CC=CCN1NC(=O)CNC(=O)c1csc(Cc2cccc(NC(N)=O)c2)n1)C(=O)OCC(F)(F)F. The van der Waals surface area contributed by atoms with Gasteiger partial charge in [-0.1, -0.05) is 24.3 Å². The number of aromatic nitrogens is 1. The first-order valence-corrected chi connectivity index (χ1v) is 13.5. The van der Waals surface area contributed by atoms with Crippen LogP contribution in [0.5, 0.6) is 0 Å². The highest BCUT2D eigenvalue weighted by Crippen LogP contribution is 2.23. The molecular weight excluding hydrogens is 595 g/mol. The van der Waals surface area contributed by atoms with E-state index in [-0.39, 0.29) is 18.7 Å². The zero-order chi connectivity index (χ0) is 31.6. The first-order chi connectivity index (χ1) is 20.3. The number of carbonyl (C=O) groups is 5. The number of halogens is 3. The largest absolute Gasteiger partial charge is 0.456 e. The highest BCUT2D eigenvalue weighted by atomic mass is 32.1. The number of allylic oxidation sites excluding steroid dienone is 3. The van der Waals surface area contributed by atoms with Gasteiger partial charge in [-0.25, -0.2) is 9.78 Å². The molecule has 2 heterocycles. The van der Waals surface area contributed by atoms with Crippen molar-refractivity contribution in [2.75, 3.05) is 25.0 Å². The lowest BCUT2D eigenvalue weighted by molar-refractivity contribution is -0.189. The van der Waals surface area contributed by atoms with Crippen LogP contribution in [-0.2, 0) is 25.5 Å². The summed E-state index contributed by atoms with van der Waals surface area (Å²) in [6.07, 6.45) is -0.424. The molecule has 0 spiro atoms. The van der Waals surface area contributed by atoms with Crippen LogP contribution in [0.25, 0.3) is 0 Å². The molecule has 1 aromatic carbocycles. The van der Waals surface area contributed by atoms with Crippen molar-refractivity contribution in [3.63, 3.8) is 0 Å². The molecule has 1 aliphatic rings. The molecule has 43 heavy (non-hydrogen) atoms. The van der Waals surface area contributed by atoms with Gasteiger partial charge in [0.1, 0.15) is 5.69 Å².